The molecule has 0 saturated carbocycles. The van der Waals surface area contributed by atoms with E-state index in [1.165, 1.54) is 5.56 Å². The van der Waals surface area contributed by atoms with Gasteiger partial charge in [-0.3, -0.25) is 4.79 Å². The van der Waals surface area contributed by atoms with Crippen LogP contribution in [0.2, 0.25) is 5.02 Å². The highest BCUT2D eigenvalue weighted by Crippen LogP contribution is 2.26. The van der Waals surface area contributed by atoms with Crippen LogP contribution in [-0.2, 0) is 17.8 Å². The fourth-order valence-electron chi connectivity index (χ4n) is 3.22. The number of anilines is 1. The van der Waals surface area contributed by atoms with Crippen LogP contribution in [0.5, 0.6) is 0 Å². The zero-order valence-corrected chi connectivity index (χ0v) is 16.3. The van der Waals surface area contributed by atoms with E-state index in [0.717, 1.165) is 34.5 Å². The third-order valence-electron chi connectivity index (χ3n) is 4.70. The van der Waals surface area contributed by atoms with Gasteiger partial charge in [0.1, 0.15) is 12.4 Å². The van der Waals surface area contributed by atoms with Crippen LogP contribution in [-0.4, -0.2) is 15.5 Å². The number of nitrogens with zero attached hydrogens (tertiary/aromatic N) is 2. The van der Waals surface area contributed by atoms with E-state index in [4.69, 9.17) is 16.6 Å². The molecule has 1 heterocycles. The summed E-state index contributed by atoms with van der Waals surface area (Å²) in [5, 5.41) is 3.64. The Kier molecular flexibility index (Phi) is 5.13. The number of benzene rings is 3. The number of para-hydroxylation sites is 2. The molecular weight excluding hydrogens is 370 g/mol. The van der Waals surface area contributed by atoms with E-state index in [1.54, 1.807) is 0 Å². The molecule has 1 N–H and O–H groups in total. The van der Waals surface area contributed by atoms with Gasteiger partial charge in [-0.05, 0) is 60.5 Å². The maximum atomic E-state index is 12.7. The molecule has 4 rings (SSSR count). The van der Waals surface area contributed by atoms with E-state index in [9.17, 15) is 4.79 Å². The highest BCUT2D eigenvalue weighted by Gasteiger charge is 2.15. The number of carbonyl (C=O) groups is 1. The Hall–Kier alpha value is -3.11. The third-order valence-corrected chi connectivity index (χ3v) is 4.96. The molecule has 0 aliphatic rings. The predicted molar refractivity (Wildman–Crippen MR) is 115 cm³/mol. The highest BCUT2D eigenvalue weighted by atomic mass is 35.5. The summed E-state index contributed by atoms with van der Waals surface area (Å²) < 4.78 is 1.94. The monoisotopic (exact) mass is 389 g/mol. The maximum absolute atomic E-state index is 12.7. The van der Waals surface area contributed by atoms with E-state index < -0.39 is 0 Å². The summed E-state index contributed by atoms with van der Waals surface area (Å²) in [7, 11) is 0. The van der Waals surface area contributed by atoms with Crippen LogP contribution in [0.15, 0.2) is 72.8 Å². The first-order valence-corrected chi connectivity index (χ1v) is 9.62. The Labute approximate surface area is 168 Å². The minimum Gasteiger partial charge on any atom is -0.325 e. The molecule has 0 unspecified atom stereocenters. The Morgan fingerprint density at radius 3 is 2.43 bits per heavy atom. The standard InChI is InChI=1S/C23H20ClN3O/c1-2-16-7-13-19(14-8-16)25-22(28)15-27-21-6-4-3-5-20(21)26-23(27)17-9-11-18(24)12-10-17/h3-14H,2,15H2,1H3,(H,25,28). The van der Waals surface area contributed by atoms with Crippen molar-refractivity contribution in [1.82, 2.24) is 9.55 Å². The molecule has 28 heavy (non-hydrogen) atoms. The number of fused-ring (bicyclic) bond motifs is 1. The molecule has 0 fully saturated rings. The maximum Gasteiger partial charge on any atom is 0.244 e. The van der Waals surface area contributed by atoms with Crippen molar-refractivity contribution < 1.29 is 4.79 Å². The van der Waals surface area contributed by atoms with E-state index >= 15 is 0 Å². The minimum atomic E-state index is -0.0948. The molecule has 0 radical (unpaired) electrons. The number of imidazole rings is 1. The summed E-state index contributed by atoms with van der Waals surface area (Å²) in [5.74, 6) is 0.650. The molecule has 0 saturated heterocycles. The molecular formula is C23H20ClN3O. The second-order valence-corrected chi connectivity index (χ2v) is 7.05. The van der Waals surface area contributed by atoms with Gasteiger partial charge in [0.2, 0.25) is 5.91 Å². The van der Waals surface area contributed by atoms with Crippen molar-refractivity contribution in [2.24, 2.45) is 0 Å². The van der Waals surface area contributed by atoms with Crippen molar-refractivity contribution in [3.05, 3.63) is 83.4 Å². The normalized spacial score (nSPS) is 10.9. The molecule has 0 aliphatic carbocycles. The predicted octanol–water partition coefficient (Wildman–Crippen LogP) is 5.56. The summed E-state index contributed by atoms with van der Waals surface area (Å²) in [6.07, 6.45) is 0.972. The number of aromatic nitrogens is 2. The van der Waals surface area contributed by atoms with Gasteiger partial charge >= 0.3 is 0 Å². The van der Waals surface area contributed by atoms with Crippen LogP contribution in [0.25, 0.3) is 22.4 Å². The van der Waals surface area contributed by atoms with Gasteiger partial charge in [0.05, 0.1) is 11.0 Å². The van der Waals surface area contributed by atoms with Gasteiger partial charge in [-0.2, -0.15) is 0 Å². The van der Waals surface area contributed by atoms with Crippen molar-refractivity contribution in [2.75, 3.05) is 5.32 Å². The average Bonchev–Trinajstić information content (AvgIpc) is 3.07. The molecule has 140 valence electrons. The Morgan fingerprint density at radius 1 is 1.00 bits per heavy atom. The van der Waals surface area contributed by atoms with Crippen molar-refractivity contribution in [1.29, 1.82) is 0 Å². The van der Waals surface area contributed by atoms with Crippen LogP contribution in [0.4, 0.5) is 5.69 Å². The molecule has 5 heteroatoms. The molecule has 1 amide bonds. The van der Waals surface area contributed by atoms with E-state index in [-0.39, 0.29) is 12.5 Å². The number of amides is 1. The minimum absolute atomic E-state index is 0.0948. The van der Waals surface area contributed by atoms with Gasteiger partial charge in [0, 0.05) is 16.3 Å². The van der Waals surface area contributed by atoms with Gasteiger partial charge in [0.25, 0.3) is 0 Å². The number of rotatable bonds is 5. The zero-order chi connectivity index (χ0) is 19.5. The van der Waals surface area contributed by atoms with Crippen LogP contribution >= 0.6 is 11.6 Å². The lowest BCUT2D eigenvalue weighted by molar-refractivity contribution is -0.116. The van der Waals surface area contributed by atoms with Gasteiger partial charge in [-0.15, -0.1) is 0 Å². The number of nitrogens with one attached hydrogen (secondary N) is 1. The topological polar surface area (TPSA) is 46.9 Å². The van der Waals surface area contributed by atoms with Crippen molar-refractivity contribution >= 4 is 34.2 Å². The highest BCUT2D eigenvalue weighted by molar-refractivity contribution is 6.30. The van der Waals surface area contributed by atoms with E-state index in [0.29, 0.717) is 5.02 Å². The SMILES string of the molecule is CCc1ccc(NC(=O)Cn2c(-c3ccc(Cl)cc3)nc3ccccc32)cc1. The summed E-state index contributed by atoms with van der Waals surface area (Å²) >= 11 is 6.02. The number of aryl methyl sites for hydroxylation is 1. The number of carbonyl (C=O) groups excluding carboxylic acids is 1. The molecule has 0 bridgehead atoms. The van der Waals surface area contributed by atoms with Crippen LogP contribution in [0, 0.1) is 0 Å². The largest absolute Gasteiger partial charge is 0.325 e. The lowest BCUT2D eigenvalue weighted by Crippen LogP contribution is -2.19. The molecule has 0 spiro atoms. The Bertz CT molecular complexity index is 1120. The quantitative estimate of drug-likeness (QED) is 0.486. The first-order valence-electron chi connectivity index (χ1n) is 9.24. The molecule has 0 atom stereocenters. The lowest BCUT2D eigenvalue weighted by Gasteiger charge is -2.11. The third kappa shape index (κ3) is 3.78. The van der Waals surface area contributed by atoms with E-state index in [1.807, 2.05) is 77.4 Å². The summed E-state index contributed by atoms with van der Waals surface area (Å²) in [5.41, 5.74) is 4.72. The summed E-state index contributed by atoms with van der Waals surface area (Å²) in [4.78, 5) is 17.5. The fourth-order valence-corrected chi connectivity index (χ4v) is 3.35. The molecule has 4 aromatic rings. The fraction of sp³-hybridized carbons (Fsp3) is 0.130. The molecule has 1 aromatic heterocycles. The number of hydrogen-bond donors (Lipinski definition) is 1. The van der Waals surface area contributed by atoms with Gasteiger partial charge in [-0.25, -0.2) is 4.98 Å². The number of halogens is 1. The van der Waals surface area contributed by atoms with E-state index in [2.05, 4.69) is 12.2 Å². The average molecular weight is 390 g/mol. The molecule has 4 nitrogen and oxygen atoms in total. The van der Waals surface area contributed by atoms with Crippen LogP contribution in [0.1, 0.15) is 12.5 Å². The molecule has 0 aliphatic heterocycles. The van der Waals surface area contributed by atoms with Crippen molar-refractivity contribution in [2.45, 2.75) is 19.9 Å². The van der Waals surface area contributed by atoms with Gasteiger partial charge < -0.3 is 9.88 Å². The second-order valence-electron chi connectivity index (χ2n) is 6.62. The van der Waals surface area contributed by atoms with Gasteiger partial charge in [0.15, 0.2) is 0 Å². The van der Waals surface area contributed by atoms with Gasteiger partial charge in [-0.1, -0.05) is 42.8 Å². The second kappa shape index (κ2) is 7.87. The first kappa shape index (κ1) is 18.3. The van der Waals surface area contributed by atoms with Crippen molar-refractivity contribution in [3.8, 4) is 11.4 Å². The van der Waals surface area contributed by atoms with Crippen LogP contribution < -0.4 is 5.32 Å². The van der Waals surface area contributed by atoms with Crippen LogP contribution in [0.3, 0.4) is 0 Å². The number of hydrogen-bond acceptors (Lipinski definition) is 2. The molecule has 3 aromatic carbocycles. The first-order chi connectivity index (χ1) is 13.6. The smallest absolute Gasteiger partial charge is 0.244 e. The lowest BCUT2D eigenvalue weighted by atomic mass is 10.1. The summed E-state index contributed by atoms with van der Waals surface area (Å²) in [6, 6.07) is 23.2. The Balaban J connectivity index is 1.65. The zero-order valence-electron chi connectivity index (χ0n) is 15.5. The Morgan fingerprint density at radius 2 is 1.71 bits per heavy atom. The summed E-state index contributed by atoms with van der Waals surface area (Å²) in [6.45, 7) is 2.28. The van der Waals surface area contributed by atoms with Crippen molar-refractivity contribution in [3.63, 3.8) is 0 Å².